The van der Waals surface area contributed by atoms with E-state index in [1.165, 1.54) is 9.13 Å². The van der Waals surface area contributed by atoms with Crippen molar-refractivity contribution < 1.29 is 0 Å². The van der Waals surface area contributed by atoms with Crippen LogP contribution in [0.1, 0.15) is 17.2 Å². The standard InChI is InChI=1S/C14H13ClIN/c1-17-14(10-5-4-6-11(16)9-10)12-7-2-3-8-13(12)15/h2-9,14,17H,1H3. The highest BCUT2D eigenvalue weighted by Crippen LogP contribution is 2.28. The summed E-state index contributed by atoms with van der Waals surface area (Å²) in [6.45, 7) is 0. The minimum atomic E-state index is 0.137. The normalized spacial score (nSPS) is 12.4. The quantitative estimate of drug-likeness (QED) is 0.810. The fraction of sp³-hybridized carbons (Fsp3) is 0.143. The molecule has 2 rings (SSSR count). The summed E-state index contributed by atoms with van der Waals surface area (Å²) in [5.74, 6) is 0. The van der Waals surface area contributed by atoms with Gasteiger partial charge in [0.05, 0.1) is 6.04 Å². The first-order valence-corrected chi connectivity index (χ1v) is 6.85. The average Bonchev–Trinajstić information content (AvgIpc) is 2.33. The van der Waals surface area contributed by atoms with Crippen molar-refractivity contribution in [2.24, 2.45) is 0 Å². The predicted molar refractivity (Wildman–Crippen MR) is 81.5 cm³/mol. The zero-order chi connectivity index (χ0) is 12.3. The molecule has 0 aromatic heterocycles. The van der Waals surface area contributed by atoms with Crippen LogP contribution in [0.4, 0.5) is 0 Å². The summed E-state index contributed by atoms with van der Waals surface area (Å²) >= 11 is 8.57. The summed E-state index contributed by atoms with van der Waals surface area (Å²) in [5, 5.41) is 4.11. The summed E-state index contributed by atoms with van der Waals surface area (Å²) in [6.07, 6.45) is 0. The Morgan fingerprint density at radius 3 is 2.53 bits per heavy atom. The van der Waals surface area contributed by atoms with Gasteiger partial charge in [-0.15, -0.1) is 0 Å². The molecule has 0 aliphatic heterocycles. The minimum Gasteiger partial charge on any atom is -0.309 e. The molecule has 0 aliphatic carbocycles. The van der Waals surface area contributed by atoms with Gasteiger partial charge in [0.15, 0.2) is 0 Å². The Morgan fingerprint density at radius 1 is 1.12 bits per heavy atom. The van der Waals surface area contributed by atoms with Gasteiger partial charge < -0.3 is 5.32 Å². The van der Waals surface area contributed by atoms with Gasteiger partial charge in [0.1, 0.15) is 0 Å². The number of benzene rings is 2. The average molecular weight is 358 g/mol. The van der Waals surface area contributed by atoms with Gasteiger partial charge in [0.2, 0.25) is 0 Å². The maximum Gasteiger partial charge on any atom is 0.0589 e. The van der Waals surface area contributed by atoms with Gasteiger partial charge in [0, 0.05) is 8.59 Å². The van der Waals surface area contributed by atoms with Crippen molar-refractivity contribution in [1.29, 1.82) is 0 Å². The molecular formula is C14H13ClIN. The van der Waals surface area contributed by atoms with Crippen LogP contribution >= 0.6 is 34.2 Å². The van der Waals surface area contributed by atoms with Crippen LogP contribution in [0.25, 0.3) is 0 Å². The smallest absolute Gasteiger partial charge is 0.0589 e. The molecule has 0 fully saturated rings. The van der Waals surface area contributed by atoms with E-state index in [0.29, 0.717) is 0 Å². The molecule has 1 atom stereocenters. The van der Waals surface area contributed by atoms with E-state index in [1.54, 1.807) is 0 Å². The maximum atomic E-state index is 6.25. The lowest BCUT2D eigenvalue weighted by Gasteiger charge is -2.18. The molecule has 2 aromatic carbocycles. The largest absolute Gasteiger partial charge is 0.309 e. The van der Waals surface area contributed by atoms with E-state index in [0.717, 1.165) is 10.6 Å². The van der Waals surface area contributed by atoms with Crippen LogP contribution in [-0.4, -0.2) is 7.05 Å². The topological polar surface area (TPSA) is 12.0 Å². The highest BCUT2D eigenvalue weighted by Gasteiger charge is 2.14. The van der Waals surface area contributed by atoms with E-state index < -0.39 is 0 Å². The highest BCUT2D eigenvalue weighted by atomic mass is 127. The second kappa shape index (κ2) is 5.85. The molecule has 0 heterocycles. The van der Waals surface area contributed by atoms with Crippen LogP contribution in [0.3, 0.4) is 0 Å². The van der Waals surface area contributed by atoms with E-state index in [2.05, 4.69) is 58.2 Å². The molecule has 88 valence electrons. The molecule has 2 aromatic rings. The number of rotatable bonds is 3. The molecule has 0 aliphatic rings. The summed E-state index contributed by atoms with van der Waals surface area (Å²) < 4.78 is 1.23. The third-order valence-electron chi connectivity index (χ3n) is 2.69. The van der Waals surface area contributed by atoms with Crippen molar-refractivity contribution in [3.63, 3.8) is 0 Å². The van der Waals surface area contributed by atoms with Crippen LogP contribution in [0, 0.1) is 3.57 Å². The first kappa shape index (κ1) is 12.9. The van der Waals surface area contributed by atoms with E-state index in [-0.39, 0.29) is 6.04 Å². The Kier molecular flexibility index (Phi) is 4.42. The Morgan fingerprint density at radius 2 is 1.88 bits per heavy atom. The Bertz CT molecular complexity index is 513. The summed E-state index contributed by atoms with van der Waals surface area (Å²) in [7, 11) is 1.95. The zero-order valence-corrected chi connectivity index (χ0v) is 12.4. The zero-order valence-electron chi connectivity index (χ0n) is 9.45. The maximum absolute atomic E-state index is 6.25. The number of nitrogens with one attached hydrogen (secondary N) is 1. The van der Waals surface area contributed by atoms with Gasteiger partial charge in [-0.25, -0.2) is 0 Å². The lowest BCUT2D eigenvalue weighted by atomic mass is 9.99. The molecule has 1 nitrogen and oxygen atoms in total. The number of hydrogen-bond donors (Lipinski definition) is 1. The number of halogens is 2. The van der Waals surface area contributed by atoms with Crippen molar-refractivity contribution in [2.75, 3.05) is 7.05 Å². The molecule has 0 saturated carbocycles. The first-order chi connectivity index (χ1) is 8.22. The van der Waals surface area contributed by atoms with Gasteiger partial charge in [-0.3, -0.25) is 0 Å². The van der Waals surface area contributed by atoms with Crippen molar-refractivity contribution in [2.45, 2.75) is 6.04 Å². The van der Waals surface area contributed by atoms with Crippen LogP contribution in [0.5, 0.6) is 0 Å². The monoisotopic (exact) mass is 357 g/mol. The van der Waals surface area contributed by atoms with Crippen LogP contribution < -0.4 is 5.32 Å². The molecule has 17 heavy (non-hydrogen) atoms. The van der Waals surface area contributed by atoms with Crippen LogP contribution in [-0.2, 0) is 0 Å². The van der Waals surface area contributed by atoms with E-state index >= 15 is 0 Å². The minimum absolute atomic E-state index is 0.137. The fourth-order valence-corrected chi connectivity index (χ4v) is 2.71. The Hall–Kier alpha value is -0.580. The molecule has 0 amide bonds. The lowest BCUT2D eigenvalue weighted by Crippen LogP contribution is -2.18. The van der Waals surface area contributed by atoms with Gasteiger partial charge in [-0.2, -0.15) is 0 Å². The van der Waals surface area contributed by atoms with Crippen LogP contribution in [0.2, 0.25) is 5.02 Å². The molecule has 3 heteroatoms. The van der Waals surface area contributed by atoms with Gasteiger partial charge >= 0.3 is 0 Å². The third kappa shape index (κ3) is 3.00. The summed E-state index contributed by atoms with van der Waals surface area (Å²) in [6, 6.07) is 16.5. The van der Waals surface area contributed by atoms with Gasteiger partial charge in [-0.1, -0.05) is 41.9 Å². The molecule has 1 unspecified atom stereocenters. The van der Waals surface area contributed by atoms with Gasteiger partial charge in [0.25, 0.3) is 0 Å². The Labute approximate surface area is 120 Å². The van der Waals surface area contributed by atoms with E-state index in [1.807, 2.05) is 25.2 Å². The molecule has 0 spiro atoms. The predicted octanol–water partition coefficient (Wildman–Crippen LogP) is 4.25. The van der Waals surface area contributed by atoms with Crippen LogP contribution in [0.15, 0.2) is 48.5 Å². The Balaban J connectivity index is 2.44. The molecular weight excluding hydrogens is 345 g/mol. The molecule has 0 radical (unpaired) electrons. The lowest BCUT2D eigenvalue weighted by molar-refractivity contribution is 0.691. The molecule has 0 bridgehead atoms. The highest BCUT2D eigenvalue weighted by molar-refractivity contribution is 14.1. The SMILES string of the molecule is CNC(c1cccc(I)c1)c1ccccc1Cl. The number of hydrogen-bond acceptors (Lipinski definition) is 1. The molecule has 0 saturated heterocycles. The molecule has 1 N–H and O–H groups in total. The van der Waals surface area contributed by atoms with Crippen molar-refractivity contribution in [1.82, 2.24) is 5.32 Å². The van der Waals surface area contributed by atoms with Crippen molar-refractivity contribution in [3.8, 4) is 0 Å². The third-order valence-corrected chi connectivity index (χ3v) is 3.70. The summed E-state index contributed by atoms with van der Waals surface area (Å²) in [5.41, 5.74) is 2.34. The fourth-order valence-electron chi connectivity index (χ4n) is 1.90. The summed E-state index contributed by atoms with van der Waals surface area (Å²) in [4.78, 5) is 0. The van der Waals surface area contributed by atoms with Crippen molar-refractivity contribution >= 4 is 34.2 Å². The van der Waals surface area contributed by atoms with E-state index in [9.17, 15) is 0 Å². The second-order valence-corrected chi connectivity index (χ2v) is 5.45. The van der Waals surface area contributed by atoms with E-state index in [4.69, 9.17) is 11.6 Å². The second-order valence-electron chi connectivity index (χ2n) is 3.80. The first-order valence-electron chi connectivity index (χ1n) is 5.39. The van der Waals surface area contributed by atoms with Crippen molar-refractivity contribution in [3.05, 3.63) is 68.3 Å². The van der Waals surface area contributed by atoms with Gasteiger partial charge in [-0.05, 0) is 59.0 Å².